The van der Waals surface area contributed by atoms with E-state index in [-0.39, 0.29) is 18.2 Å². The summed E-state index contributed by atoms with van der Waals surface area (Å²) in [6.07, 6.45) is 0.766. The molecule has 2 aromatic rings. The van der Waals surface area contributed by atoms with Crippen molar-refractivity contribution in [1.29, 1.82) is 0 Å². The van der Waals surface area contributed by atoms with E-state index in [0.29, 0.717) is 26.1 Å². The maximum Gasteiger partial charge on any atom is 0.237 e. The van der Waals surface area contributed by atoms with E-state index in [1.807, 2.05) is 48.5 Å². The van der Waals surface area contributed by atoms with Crippen molar-refractivity contribution >= 4 is 11.8 Å². The van der Waals surface area contributed by atoms with E-state index >= 15 is 0 Å². The van der Waals surface area contributed by atoms with Gasteiger partial charge in [0.05, 0.1) is 26.7 Å². The lowest BCUT2D eigenvalue weighted by molar-refractivity contribution is -0.134. The molecule has 160 valence electrons. The number of rotatable bonds is 9. The van der Waals surface area contributed by atoms with Gasteiger partial charge in [-0.25, -0.2) is 0 Å². The Kier molecular flexibility index (Phi) is 7.68. The number of amides is 2. The lowest BCUT2D eigenvalue weighted by atomic mass is 10.1. The predicted octanol–water partition coefficient (Wildman–Crippen LogP) is 1.75. The second-order valence-electron chi connectivity index (χ2n) is 7.24. The number of piperazine rings is 1. The number of nitrogens with one attached hydrogen (secondary N) is 2. The first kappa shape index (κ1) is 21.6. The Labute approximate surface area is 177 Å². The molecule has 2 N–H and O–H groups in total. The van der Waals surface area contributed by atoms with Gasteiger partial charge in [0.1, 0.15) is 11.5 Å². The fourth-order valence-corrected chi connectivity index (χ4v) is 3.63. The monoisotopic (exact) mass is 411 g/mol. The van der Waals surface area contributed by atoms with Crippen LogP contribution in [-0.2, 0) is 22.6 Å². The Morgan fingerprint density at radius 2 is 1.97 bits per heavy atom. The molecule has 1 fully saturated rings. The summed E-state index contributed by atoms with van der Waals surface area (Å²) in [5.41, 5.74) is 2.11. The van der Waals surface area contributed by atoms with Crippen LogP contribution < -0.4 is 20.1 Å². The van der Waals surface area contributed by atoms with Crippen molar-refractivity contribution in [2.45, 2.75) is 25.4 Å². The maximum absolute atomic E-state index is 12.5. The fraction of sp³-hybridized carbons (Fsp3) is 0.391. The molecule has 30 heavy (non-hydrogen) atoms. The molecule has 2 aromatic carbocycles. The lowest BCUT2D eigenvalue weighted by Gasteiger charge is -2.34. The summed E-state index contributed by atoms with van der Waals surface area (Å²) in [6.45, 7) is 2.44. The topological polar surface area (TPSA) is 79.9 Å². The number of hydrogen-bond donors (Lipinski definition) is 2. The van der Waals surface area contributed by atoms with Crippen molar-refractivity contribution in [1.82, 2.24) is 15.5 Å². The Morgan fingerprint density at radius 1 is 1.17 bits per heavy atom. The van der Waals surface area contributed by atoms with Crippen LogP contribution in [0.4, 0.5) is 0 Å². The van der Waals surface area contributed by atoms with Gasteiger partial charge in [0.25, 0.3) is 0 Å². The minimum atomic E-state index is -0.463. The third-order valence-corrected chi connectivity index (χ3v) is 5.26. The molecule has 1 unspecified atom stereocenters. The van der Waals surface area contributed by atoms with Crippen LogP contribution in [0.3, 0.4) is 0 Å². The summed E-state index contributed by atoms with van der Waals surface area (Å²) in [5, 5.41) is 5.80. The maximum atomic E-state index is 12.5. The van der Waals surface area contributed by atoms with Gasteiger partial charge in [-0.3, -0.25) is 14.5 Å². The first-order valence-electron chi connectivity index (χ1n) is 10.1. The second kappa shape index (κ2) is 10.6. The molecule has 0 spiro atoms. The third kappa shape index (κ3) is 5.73. The van der Waals surface area contributed by atoms with Crippen molar-refractivity contribution in [2.24, 2.45) is 0 Å². The molecule has 0 bridgehead atoms. The Balaban J connectivity index is 1.54. The average Bonchev–Trinajstić information content (AvgIpc) is 2.77. The summed E-state index contributed by atoms with van der Waals surface area (Å²) in [4.78, 5) is 27.0. The number of benzene rings is 2. The van der Waals surface area contributed by atoms with Gasteiger partial charge in [0.2, 0.25) is 11.8 Å². The van der Waals surface area contributed by atoms with Crippen LogP contribution in [-0.4, -0.2) is 56.6 Å². The predicted molar refractivity (Wildman–Crippen MR) is 115 cm³/mol. The van der Waals surface area contributed by atoms with Crippen LogP contribution in [0.25, 0.3) is 0 Å². The lowest BCUT2D eigenvalue weighted by Crippen LogP contribution is -2.56. The molecule has 2 amide bonds. The zero-order valence-corrected chi connectivity index (χ0v) is 17.5. The van der Waals surface area contributed by atoms with Gasteiger partial charge in [0, 0.05) is 32.2 Å². The number of nitrogens with zero attached hydrogens (tertiary/aromatic N) is 1. The minimum absolute atomic E-state index is 0.0934. The zero-order valence-electron chi connectivity index (χ0n) is 17.5. The largest absolute Gasteiger partial charge is 0.497 e. The van der Waals surface area contributed by atoms with Gasteiger partial charge < -0.3 is 20.1 Å². The molecule has 0 aliphatic carbocycles. The molecule has 1 heterocycles. The summed E-state index contributed by atoms with van der Waals surface area (Å²) >= 11 is 0. The highest BCUT2D eigenvalue weighted by Gasteiger charge is 2.31. The standard InChI is InChI=1S/C23H29N3O4/c1-29-19-9-8-18(21(14-19)30-2)10-11-24-22(27)15-20-23(28)25-12-13-26(20)16-17-6-4-3-5-7-17/h3-9,14,20H,10-13,15-16H2,1-2H3,(H,24,27)(H,25,28). The number of carbonyl (C=O) groups excluding carboxylic acids is 2. The highest BCUT2D eigenvalue weighted by molar-refractivity contribution is 5.88. The quantitative estimate of drug-likeness (QED) is 0.657. The van der Waals surface area contributed by atoms with Crippen molar-refractivity contribution < 1.29 is 19.1 Å². The number of methoxy groups -OCH3 is 2. The summed E-state index contributed by atoms with van der Waals surface area (Å²) in [5.74, 6) is 1.22. The number of hydrogen-bond acceptors (Lipinski definition) is 5. The first-order valence-corrected chi connectivity index (χ1v) is 10.1. The van der Waals surface area contributed by atoms with Gasteiger partial charge in [-0.05, 0) is 23.6 Å². The molecule has 3 rings (SSSR count). The Hall–Kier alpha value is -3.06. The number of carbonyl (C=O) groups is 2. The fourth-order valence-electron chi connectivity index (χ4n) is 3.63. The molecule has 0 saturated carbocycles. The van der Waals surface area contributed by atoms with Gasteiger partial charge in [-0.1, -0.05) is 36.4 Å². The average molecular weight is 412 g/mol. The van der Waals surface area contributed by atoms with Crippen molar-refractivity contribution in [2.75, 3.05) is 33.9 Å². The van der Waals surface area contributed by atoms with Crippen LogP contribution in [0.2, 0.25) is 0 Å². The Bertz CT molecular complexity index is 857. The molecule has 7 nitrogen and oxygen atoms in total. The van der Waals surface area contributed by atoms with E-state index in [1.165, 1.54) is 0 Å². The molecule has 1 aliphatic heterocycles. The summed E-state index contributed by atoms with van der Waals surface area (Å²) in [7, 11) is 3.22. The van der Waals surface area contributed by atoms with Crippen molar-refractivity contribution in [3.05, 3.63) is 59.7 Å². The van der Waals surface area contributed by atoms with E-state index in [2.05, 4.69) is 15.5 Å². The highest BCUT2D eigenvalue weighted by Crippen LogP contribution is 2.24. The summed E-state index contributed by atoms with van der Waals surface area (Å²) in [6, 6.07) is 15.2. The zero-order chi connectivity index (χ0) is 21.3. The molecular weight excluding hydrogens is 382 g/mol. The van der Waals surface area contributed by atoms with Gasteiger partial charge in [-0.15, -0.1) is 0 Å². The highest BCUT2D eigenvalue weighted by atomic mass is 16.5. The van der Waals surface area contributed by atoms with Gasteiger partial charge in [-0.2, -0.15) is 0 Å². The van der Waals surface area contributed by atoms with Crippen LogP contribution in [0.1, 0.15) is 17.5 Å². The van der Waals surface area contributed by atoms with Crippen molar-refractivity contribution in [3.63, 3.8) is 0 Å². The molecule has 7 heteroatoms. The van der Waals surface area contributed by atoms with E-state index in [0.717, 1.165) is 29.2 Å². The molecule has 1 aliphatic rings. The van der Waals surface area contributed by atoms with Gasteiger partial charge in [0.15, 0.2) is 0 Å². The molecule has 1 atom stereocenters. The molecule has 0 aromatic heterocycles. The first-order chi connectivity index (χ1) is 14.6. The molecule has 1 saturated heterocycles. The smallest absolute Gasteiger partial charge is 0.237 e. The third-order valence-electron chi connectivity index (χ3n) is 5.26. The van der Waals surface area contributed by atoms with Crippen LogP contribution in [0, 0.1) is 0 Å². The minimum Gasteiger partial charge on any atom is -0.497 e. The van der Waals surface area contributed by atoms with Crippen LogP contribution in [0.15, 0.2) is 48.5 Å². The van der Waals surface area contributed by atoms with E-state index in [9.17, 15) is 9.59 Å². The summed E-state index contributed by atoms with van der Waals surface area (Å²) < 4.78 is 10.6. The van der Waals surface area contributed by atoms with Crippen LogP contribution >= 0.6 is 0 Å². The van der Waals surface area contributed by atoms with Crippen molar-refractivity contribution in [3.8, 4) is 11.5 Å². The van der Waals surface area contributed by atoms with E-state index in [1.54, 1.807) is 14.2 Å². The van der Waals surface area contributed by atoms with Gasteiger partial charge >= 0.3 is 0 Å². The molecular formula is C23H29N3O4. The second-order valence-corrected chi connectivity index (χ2v) is 7.24. The SMILES string of the molecule is COc1ccc(CCNC(=O)CC2C(=O)NCCN2Cc2ccccc2)c(OC)c1. The Morgan fingerprint density at radius 3 is 2.70 bits per heavy atom. The molecule has 0 radical (unpaired) electrons. The normalized spacial score (nSPS) is 16.6. The van der Waals surface area contributed by atoms with Crippen LogP contribution in [0.5, 0.6) is 11.5 Å². The van der Waals surface area contributed by atoms with E-state index in [4.69, 9.17) is 9.47 Å². The number of ether oxygens (including phenoxy) is 2. The van der Waals surface area contributed by atoms with E-state index < -0.39 is 6.04 Å².